The van der Waals surface area contributed by atoms with Crippen LogP contribution in [-0.4, -0.2) is 25.2 Å². The molecule has 106 valence electrons. The first kappa shape index (κ1) is 15.5. The Morgan fingerprint density at radius 3 is 2.63 bits per heavy atom. The highest BCUT2D eigenvalue weighted by Crippen LogP contribution is 2.31. The number of rotatable bonds is 6. The van der Waals surface area contributed by atoms with Crippen molar-refractivity contribution in [1.29, 1.82) is 0 Å². The highest BCUT2D eigenvalue weighted by atomic mass is 16.5. The third-order valence-corrected chi connectivity index (χ3v) is 3.07. The molecule has 0 radical (unpaired) electrons. The predicted molar refractivity (Wildman–Crippen MR) is 75.3 cm³/mol. The molecular weight excluding hydrogens is 242 g/mol. The summed E-state index contributed by atoms with van der Waals surface area (Å²) in [7, 11) is 1.39. The van der Waals surface area contributed by atoms with Gasteiger partial charge in [-0.2, -0.15) is 0 Å². The summed E-state index contributed by atoms with van der Waals surface area (Å²) in [5, 5.41) is 0. The Kier molecular flexibility index (Phi) is 5.36. The van der Waals surface area contributed by atoms with Gasteiger partial charge in [0.1, 0.15) is 5.75 Å². The summed E-state index contributed by atoms with van der Waals surface area (Å²) in [6.07, 6.45) is 0.260. The average Bonchev–Trinajstić information content (AvgIpc) is 2.35. The zero-order valence-corrected chi connectivity index (χ0v) is 12.1. The summed E-state index contributed by atoms with van der Waals surface area (Å²) in [6, 6.07) is 7.71. The van der Waals surface area contributed by atoms with E-state index in [1.165, 1.54) is 7.11 Å². The van der Waals surface area contributed by atoms with Crippen molar-refractivity contribution >= 4 is 5.97 Å². The fourth-order valence-electron chi connectivity index (χ4n) is 2.05. The molecule has 19 heavy (non-hydrogen) atoms. The standard InChI is InChI=1S/C15H23NO3/c1-5-19-12-8-6-7-11(9-12)13(15(2,3)16)10-14(17)18-4/h6-9,13H,5,10,16H2,1-4H3. The van der Waals surface area contributed by atoms with E-state index in [4.69, 9.17) is 15.2 Å². The van der Waals surface area contributed by atoms with Crippen LogP contribution in [0.25, 0.3) is 0 Å². The summed E-state index contributed by atoms with van der Waals surface area (Å²) in [4.78, 5) is 11.5. The molecule has 1 rings (SSSR count). The van der Waals surface area contributed by atoms with Gasteiger partial charge < -0.3 is 15.2 Å². The number of hydrogen-bond donors (Lipinski definition) is 1. The number of methoxy groups -OCH3 is 1. The predicted octanol–water partition coefficient (Wildman–Crippen LogP) is 2.47. The zero-order valence-electron chi connectivity index (χ0n) is 12.1. The Bertz CT molecular complexity index is 424. The van der Waals surface area contributed by atoms with Crippen molar-refractivity contribution in [2.75, 3.05) is 13.7 Å². The number of esters is 1. The minimum absolute atomic E-state index is 0.111. The maximum Gasteiger partial charge on any atom is 0.306 e. The lowest BCUT2D eigenvalue weighted by Crippen LogP contribution is -2.40. The van der Waals surface area contributed by atoms with Crippen molar-refractivity contribution in [3.63, 3.8) is 0 Å². The number of benzene rings is 1. The number of ether oxygens (including phenoxy) is 2. The lowest BCUT2D eigenvalue weighted by atomic mass is 9.80. The fraction of sp³-hybridized carbons (Fsp3) is 0.533. The second-order valence-electron chi connectivity index (χ2n) is 5.16. The van der Waals surface area contributed by atoms with Crippen LogP contribution in [0.4, 0.5) is 0 Å². The first-order valence-corrected chi connectivity index (χ1v) is 6.47. The highest BCUT2D eigenvalue weighted by Gasteiger charge is 2.29. The normalized spacial score (nSPS) is 12.9. The maximum absolute atomic E-state index is 11.5. The molecule has 0 amide bonds. The summed E-state index contributed by atoms with van der Waals surface area (Å²) < 4.78 is 10.2. The molecule has 0 saturated carbocycles. The van der Waals surface area contributed by atoms with Crippen molar-refractivity contribution in [2.24, 2.45) is 5.73 Å². The van der Waals surface area contributed by atoms with E-state index in [0.29, 0.717) is 6.61 Å². The smallest absolute Gasteiger partial charge is 0.306 e. The molecule has 1 aromatic carbocycles. The molecule has 0 aliphatic rings. The van der Waals surface area contributed by atoms with E-state index in [0.717, 1.165) is 11.3 Å². The molecule has 0 fully saturated rings. The number of hydrogen-bond acceptors (Lipinski definition) is 4. The molecule has 0 saturated heterocycles. The number of carbonyl (C=O) groups is 1. The van der Waals surface area contributed by atoms with Crippen LogP contribution in [0.15, 0.2) is 24.3 Å². The van der Waals surface area contributed by atoms with Gasteiger partial charge in [-0.05, 0) is 38.5 Å². The second kappa shape index (κ2) is 6.57. The van der Waals surface area contributed by atoms with E-state index in [1.54, 1.807) is 0 Å². The topological polar surface area (TPSA) is 61.5 Å². The summed E-state index contributed by atoms with van der Waals surface area (Å²) >= 11 is 0. The van der Waals surface area contributed by atoms with Crippen LogP contribution in [0.5, 0.6) is 5.75 Å². The minimum Gasteiger partial charge on any atom is -0.494 e. The molecule has 0 aromatic heterocycles. The molecule has 0 aliphatic heterocycles. The monoisotopic (exact) mass is 265 g/mol. The number of carbonyl (C=O) groups excluding carboxylic acids is 1. The first-order valence-electron chi connectivity index (χ1n) is 6.47. The molecule has 0 spiro atoms. The van der Waals surface area contributed by atoms with Crippen LogP contribution in [-0.2, 0) is 9.53 Å². The third kappa shape index (κ3) is 4.56. The van der Waals surface area contributed by atoms with Gasteiger partial charge in [-0.3, -0.25) is 4.79 Å². The Labute approximate surface area is 114 Å². The Morgan fingerprint density at radius 2 is 2.11 bits per heavy atom. The fourth-order valence-corrected chi connectivity index (χ4v) is 2.05. The molecule has 4 heteroatoms. The largest absolute Gasteiger partial charge is 0.494 e. The van der Waals surface area contributed by atoms with Gasteiger partial charge in [0.15, 0.2) is 0 Å². The highest BCUT2D eigenvalue weighted by molar-refractivity contribution is 5.70. The molecular formula is C15H23NO3. The molecule has 1 atom stereocenters. The van der Waals surface area contributed by atoms with E-state index in [1.807, 2.05) is 45.0 Å². The Balaban J connectivity index is 3.03. The SMILES string of the molecule is CCOc1cccc(C(CC(=O)OC)C(C)(C)N)c1. The van der Waals surface area contributed by atoms with E-state index in [9.17, 15) is 4.79 Å². The van der Waals surface area contributed by atoms with Gasteiger partial charge >= 0.3 is 5.97 Å². The van der Waals surface area contributed by atoms with E-state index in [2.05, 4.69) is 0 Å². The van der Waals surface area contributed by atoms with Crippen LogP contribution in [0.2, 0.25) is 0 Å². The van der Waals surface area contributed by atoms with Gasteiger partial charge in [0, 0.05) is 11.5 Å². The molecule has 4 nitrogen and oxygen atoms in total. The van der Waals surface area contributed by atoms with E-state index < -0.39 is 5.54 Å². The molecule has 1 unspecified atom stereocenters. The third-order valence-electron chi connectivity index (χ3n) is 3.07. The molecule has 0 heterocycles. The molecule has 0 aliphatic carbocycles. The summed E-state index contributed by atoms with van der Waals surface area (Å²) in [5.41, 5.74) is 6.66. The summed E-state index contributed by atoms with van der Waals surface area (Å²) in [5.74, 6) is 0.421. The summed E-state index contributed by atoms with van der Waals surface area (Å²) in [6.45, 7) is 6.37. The van der Waals surface area contributed by atoms with Gasteiger partial charge in [0.2, 0.25) is 0 Å². The van der Waals surface area contributed by atoms with Crippen LogP contribution in [0.1, 0.15) is 38.7 Å². The van der Waals surface area contributed by atoms with Gasteiger partial charge in [-0.25, -0.2) is 0 Å². The van der Waals surface area contributed by atoms with Crippen LogP contribution in [0, 0.1) is 0 Å². The average molecular weight is 265 g/mol. The van der Waals surface area contributed by atoms with Crippen molar-refractivity contribution in [2.45, 2.75) is 38.6 Å². The van der Waals surface area contributed by atoms with Crippen molar-refractivity contribution in [1.82, 2.24) is 0 Å². The van der Waals surface area contributed by atoms with Gasteiger partial charge in [0.25, 0.3) is 0 Å². The zero-order chi connectivity index (χ0) is 14.5. The lowest BCUT2D eigenvalue weighted by molar-refractivity contribution is -0.141. The second-order valence-corrected chi connectivity index (χ2v) is 5.16. The Morgan fingerprint density at radius 1 is 1.42 bits per heavy atom. The van der Waals surface area contributed by atoms with E-state index in [-0.39, 0.29) is 18.3 Å². The quantitative estimate of drug-likeness (QED) is 0.803. The van der Waals surface area contributed by atoms with Crippen LogP contribution in [0.3, 0.4) is 0 Å². The number of nitrogens with two attached hydrogens (primary N) is 1. The van der Waals surface area contributed by atoms with Gasteiger partial charge in [-0.1, -0.05) is 12.1 Å². The maximum atomic E-state index is 11.5. The minimum atomic E-state index is -0.515. The molecule has 2 N–H and O–H groups in total. The Hall–Kier alpha value is -1.55. The van der Waals surface area contributed by atoms with Crippen LogP contribution < -0.4 is 10.5 Å². The first-order chi connectivity index (χ1) is 8.88. The van der Waals surface area contributed by atoms with Gasteiger partial charge in [-0.15, -0.1) is 0 Å². The lowest BCUT2D eigenvalue weighted by Gasteiger charge is -2.30. The van der Waals surface area contributed by atoms with Crippen LogP contribution >= 0.6 is 0 Å². The van der Waals surface area contributed by atoms with E-state index >= 15 is 0 Å². The van der Waals surface area contributed by atoms with Crippen molar-refractivity contribution in [3.8, 4) is 5.75 Å². The van der Waals surface area contributed by atoms with Gasteiger partial charge in [0.05, 0.1) is 20.1 Å². The van der Waals surface area contributed by atoms with Crippen molar-refractivity contribution < 1.29 is 14.3 Å². The molecule has 1 aromatic rings. The molecule has 0 bridgehead atoms. The van der Waals surface area contributed by atoms with Crippen molar-refractivity contribution in [3.05, 3.63) is 29.8 Å².